The van der Waals surface area contributed by atoms with Crippen LogP contribution in [0.3, 0.4) is 0 Å². The van der Waals surface area contributed by atoms with Gasteiger partial charge in [0.2, 0.25) is 0 Å². The van der Waals surface area contributed by atoms with Crippen LogP contribution >= 0.6 is 0 Å². The number of benzene rings is 1. The molecule has 2 aromatic rings. The van der Waals surface area contributed by atoms with Gasteiger partial charge < -0.3 is 5.32 Å². The summed E-state index contributed by atoms with van der Waals surface area (Å²) in [4.78, 5) is 4.49. The molecule has 90 valence electrons. The summed E-state index contributed by atoms with van der Waals surface area (Å²) < 4.78 is 13.2. The highest BCUT2D eigenvalue weighted by Crippen LogP contribution is 2.33. The second-order valence-corrected chi connectivity index (χ2v) is 4.55. The van der Waals surface area contributed by atoms with E-state index in [-0.39, 0.29) is 5.82 Å². The highest BCUT2D eigenvalue weighted by molar-refractivity contribution is 5.93. The van der Waals surface area contributed by atoms with E-state index in [4.69, 9.17) is 0 Å². The molecule has 2 rings (SSSR count). The molecule has 1 N–H and O–H groups in total. The zero-order valence-electron chi connectivity index (χ0n) is 10.6. The summed E-state index contributed by atoms with van der Waals surface area (Å²) in [5.41, 5.74) is 3.92. The lowest BCUT2D eigenvalue weighted by atomic mass is 9.97. The summed E-state index contributed by atoms with van der Waals surface area (Å²) in [6.45, 7) is 6.25. The molecule has 0 fully saturated rings. The van der Waals surface area contributed by atoms with Crippen molar-refractivity contribution in [1.29, 1.82) is 0 Å². The van der Waals surface area contributed by atoms with E-state index >= 15 is 0 Å². The topological polar surface area (TPSA) is 24.9 Å². The van der Waals surface area contributed by atoms with Gasteiger partial charge in [-0.05, 0) is 30.5 Å². The van der Waals surface area contributed by atoms with Gasteiger partial charge in [0, 0.05) is 29.9 Å². The van der Waals surface area contributed by atoms with E-state index in [0.29, 0.717) is 11.4 Å². The fraction of sp³-hybridized carbons (Fsp3) is 0.357. The largest absolute Gasteiger partial charge is 0.387 e. The van der Waals surface area contributed by atoms with E-state index in [1.54, 1.807) is 6.07 Å². The Balaban J connectivity index is 2.85. The van der Waals surface area contributed by atoms with E-state index in [1.165, 1.54) is 17.7 Å². The summed E-state index contributed by atoms with van der Waals surface area (Å²) >= 11 is 0. The normalized spacial score (nSPS) is 11.2. The van der Waals surface area contributed by atoms with Gasteiger partial charge in [-0.1, -0.05) is 13.8 Å². The lowest BCUT2D eigenvalue weighted by Crippen LogP contribution is -2.03. The third-order valence-corrected chi connectivity index (χ3v) is 3.00. The Morgan fingerprint density at radius 3 is 2.59 bits per heavy atom. The van der Waals surface area contributed by atoms with E-state index < -0.39 is 0 Å². The van der Waals surface area contributed by atoms with Crippen LogP contribution in [-0.2, 0) is 0 Å². The highest BCUT2D eigenvalue weighted by Gasteiger charge is 2.14. The van der Waals surface area contributed by atoms with Gasteiger partial charge in [-0.2, -0.15) is 0 Å². The van der Waals surface area contributed by atoms with Crippen LogP contribution in [0.1, 0.15) is 31.0 Å². The van der Waals surface area contributed by atoms with E-state index in [9.17, 15) is 4.39 Å². The first kappa shape index (κ1) is 11.8. The van der Waals surface area contributed by atoms with Crippen molar-refractivity contribution in [3.63, 3.8) is 0 Å². The van der Waals surface area contributed by atoms with Gasteiger partial charge in [-0.3, -0.25) is 4.98 Å². The molecule has 0 amide bonds. The van der Waals surface area contributed by atoms with Gasteiger partial charge >= 0.3 is 0 Å². The van der Waals surface area contributed by atoms with Gasteiger partial charge in [-0.15, -0.1) is 0 Å². The molecule has 0 radical (unpaired) electrons. The first-order valence-corrected chi connectivity index (χ1v) is 5.82. The van der Waals surface area contributed by atoms with Crippen LogP contribution in [0.5, 0.6) is 0 Å². The second kappa shape index (κ2) is 4.32. The molecule has 0 saturated heterocycles. The fourth-order valence-electron chi connectivity index (χ4n) is 2.35. The van der Waals surface area contributed by atoms with Crippen molar-refractivity contribution in [3.8, 4) is 0 Å². The molecule has 0 aliphatic carbocycles. The lowest BCUT2D eigenvalue weighted by Gasteiger charge is -2.17. The van der Waals surface area contributed by atoms with Crippen LogP contribution in [0, 0.1) is 12.7 Å². The molecule has 1 aromatic carbocycles. The minimum atomic E-state index is -0.247. The molecular formula is C14H17FN2. The maximum atomic E-state index is 13.2. The van der Waals surface area contributed by atoms with Crippen molar-refractivity contribution in [3.05, 3.63) is 35.3 Å². The number of hydrogen-bond acceptors (Lipinski definition) is 2. The lowest BCUT2D eigenvalue weighted by molar-refractivity contribution is 0.629. The van der Waals surface area contributed by atoms with Crippen molar-refractivity contribution in [2.24, 2.45) is 0 Å². The van der Waals surface area contributed by atoms with Crippen molar-refractivity contribution in [2.45, 2.75) is 26.7 Å². The van der Waals surface area contributed by atoms with E-state index in [0.717, 1.165) is 16.8 Å². The summed E-state index contributed by atoms with van der Waals surface area (Å²) in [6.07, 6.45) is 0. The third kappa shape index (κ3) is 1.97. The van der Waals surface area contributed by atoms with Gasteiger partial charge in [0.1, 0.15) is 5.82 Å². The van der Waals surface area contributed by atoms with Crippen molar-refractivity contribution < 1.29 is 4.39 Å². The van der Waals surface area contributed by atoms with Gasteiger partial charge in [0.15, 0.2) is 0 Å². The molecule has 1 aromatic heterocycles. The van der Waals surface area contributed by atoms with Crippen LogP contribution in [0.4, 0.5) is 10.1 Å². The Morgan fingerprint density at radius 2 is 2.00 bits per heavy atom. The predicted octanol–water partition coefficient (Wildman–Crippen LogP) is 3.85. The SMILES string of the molecule is CNc1c(C(C)C)c(C)nc2cc(F)ccc12. The Morgan fingerprint density at radius 1 is 1.29 bits per heavy atom. The molecule has 0 spiro atoms. The van der Waals surface area contributed by atoms with Gasteiger partial charge in [0.25, 0.3) is 0 Å². The Labute approximate surface area is 101 Å². The number of hydrogen-bond donors (Lipinski definition) is 1. The number of rotatable bonds is 2. The smallest absolute Gasteiger partial charge is 0.125 e. The Kier molecular flexibility index (Phi) is 3.01. The van der Waals surface area contributed by atoms with Crippen molar-refractivity contribution in [1.82, 2.24) is 4.98 Å². The summed E-state index contributed by atoms with van der Waals surface area (Å²) in [5, 5.41) is 4.19. The first-order chi connectivity index (χ1) is 8.04. The van der Waals surface area contributed by atoms with E-state index in [2.05, 4.69) is 24.1 Å². The maximum absolute atomic E-state index is 13.2. The quantitative estimate of drug-likeness (QED) is 0.850. The number of pyridine rings is 1. The fourth-order valence-corrected chi connectivity index (χ4v) is 2.35. The first-order valence-electron chi connectivity index (χ1n) is 5.82. The molecular weight excluding hydrogens is 215 g/mol. The molecule has 0 bridgehead atoms. The molecule has 1 heterocycles. The van der Waals surface area contributed by atoms with Crippen LogP contribution in [0.2, 0.25) is 0 Å². The number of anilines is 1. The van der Waals surface area contributed by atoms with Gasteiger partial charge in [0.05, 0.1) is 5.52 Å². The van der Waals surface area contributed by atoms with Crippen LogP contribution in [0.25, 0.3) is 10.9 Å². The molecule has 2 nitrogen and oxygen atoms in total. The Bertz CT molecular complexity index is 562. The van der Waals surface area contributed by atoms with Gasteiger partial charge in [-0.25, -0.2) is 4.39 Å². The van der Waals surface area contributed by atoms with Crippen LogP contribution in [-0.4, -0.2) is 12.0 Å². The zero-order chi connectivity index (χ0) is 12.6. The zero-order valence-corrected chi connectivity index (χ0v) is 10.6. The van der Waals surface area contributed by atoms with E-state index in [1.807, 2.05) is 14.0 Å². The molecule has 3 heteroatoms. The van der Waals surface area contributed by atoms with Crippen molar-refractivity contribution in [2.75, 3.05) is 12.4 Å². The second-order valence-electron chi connectivity index (χ2n) is 4.55. The standard InChI is InChI=1S/C14H17FN2/c1-8(2)13-9(3)17-12-7-10(15)5-6-11(12)14(13)16-4/h5-8H,1-4H3,(H,16,17). The summed E-state index contributed by atoms with van der Waals surface area (Å²) in [5.74, 6) is 0.142. The maximum Gasteiger partial charge on any atom is 0.125 e. The highest BCUT2D eigenvalue weighted by atomic mass is 19.1. The van der Waals surface area contributed by atoms with Crippen molar-refractivity contribution >= 4 is 16.6 Å². The average Bonchev–Trinajstić information content (AvgIpc) is 2.26. The number of fused-ring (bicyclic) bond motifs is 1. The molecule has 17 heavy (non-hydrogen) atoms. The molecule has 0 aliphatic rings. The Hall–Kier alpha value is -1.64. The number of aryl methyl sites for hydroxylation is 1. The minimum Gasteiger partial charge on any atom is -0.387 e. The number of halogens is 1. The summed E-state index contributed by atoms with van der Waals surface area (Å²) in [6, 6.07) is 4.74. The monoisotopic (exact) mass is 232 g/mol. The molecule has 0 atom stereocenters. The number of aromatic nitrogens is 1. The molecule has 0 saturated carbocycles. The molecule has 0 unspecified atom stereocenters. The number of nitrogens with one attached hydrogen (secondary N) is 1. The predicted molar refractivity (Wildman–Crippen MR) is 70.1 cm³/mol. The average molecular weight is 232 g/mol. The summed E-state index contributed by atoms with van der Waals surface area (Å²) in [7, 11) is 1.89. The molecule has 0 aliphatic heterocycles. The minimum absolute atomic E-state index is 0.247. The van der Waals surface area contributed by atoms with Crippen LogP contribution in [0.15, 0.2) is 18.2 Å². The third-order valence-electron chi connectivity index (χ3n) is 3.00. The number of nitrogens with zero attached hydrogens (tertiary/aromatic N) is 1. The van der Waals surface area contributed by atoms with Crippen LogP contribution < -0.4 is 5.32 Å².